The summed E-state index contributed by atoms with van der Waals surface area (Å²) >= 11 is 6.43. The van der Waals surface area contributed by atoms with Crippen molar-refractivity contribution in [2.24, 2.45) is 0 Å². The first-order valence-electron chi connectivity index (χ1n) is 12.2. The molecule has 2 aliphatic heterocycles. The largest absolute Gasteiger partial charge is 0.381 e. The van der Waals surface area contributed by atoms with E-state index in [-0.39, 0.29) is 30.4 Å². The van der Waals surface area contributed by atoms with Crippen molar-refractivity contribution < 1.29 is 14.3 Å². The molecule has 2 fully saturated rings. The SMILES string of the molecule is O=C(CN1Cc2ccc(-c3nc(NC4CCOCC4)ncc3Cl)cc2C1=O)NC1CCCCC1. The van der Waals surface area contributed by atoms with E-state index in [9.17, 15) is 9.59 Å². The molecule has 1 aliphatic carbocycles. The summed E-state index contributed by atoms with van der Waals surface area (Å²) in [5.41, 5.74) is 2.83. The highest BCUT2D eigenvalue weighted by Crippen LogP contribution is 2.31. The monoisotopic (exact) mass is 483 g/mol. The van der Waals surface area contributed by atoms with Crippen molar-refractivity contribution in [2.45, 2.75) is 63.6 Å². The molecular formula is C25H30ClN5O3. The average molecular weight is 484 g/mol. The highest BCUT2D eigenvalue weighted by Gasteiger charge is 2.30. The van der Waals surface area contributed by atoms with Crippen LogP contribution in [0.25, 0.3) is 11.3 Å². The fraction of sp³-hybridized carbons (Fsp3) is 0.520. The van der Waals surface area contributed by atoms with Crippen molar-refractivity contribution in [3.8, 4) is 11.3 Å². The molecule has 8 nitrogen and oxygen atoms in total. The van der Waals surface area contributed by atoms with E-state index in [2.05, 4.69) is 20.6 Å². The maximum Gasteiger partial charge on any atom is 0.254 e. The second-order valence-electron chi connectivity index (χ2n) is 9.36. The number of hydrogen-bond acceptors (Lipinski definition) is 6. The number of benzene rings is 1. The maximum atomic E-state index is 13.1. The Hall–Kier alpha value is -2.71. The molecule has 1 saturated heterocycles. The van der Waals surface area contributed by atoms with Gasteiger partial charge in [0.1, 0.15) is 6.54 Å². The predicted molar refractivity (Wildman–Crippen MR) is 130 cm³/mol. The van der Waals surface area contributed by atoms with Crippen LogP contribution < -0.4 is 10.6 Å². The Morgan fingerprint density at radius 3 is 2.71 bits per heavy atom. The molecule has 3 heterocycles. The van der Waals surface area contributed by atoms with Gasteiger partial charge in [0.05, 0.1) is 16.9 Å². The lowest BCUT2D eigenvalue weighted by molar-refractivity contribution is -0.122. The minimum absolute atomic E-state index is 0.0762. The highest BCUT2D eigenvalue weighted by molar-refractivity contribution is 6.33. The summed E-state index contributed by atoms with van der Waals surface area (Å²) in [6.07, 6.45) is 8.97. The zero-order valence-corrected chi connectivity index (χ0v) is 19.9. The maximum absolute atomic E-state index is 13.1. The van der Waals surface area contributed by atoms with Gasteiger partial charge < -0.3 is 20.3 Å². The number of rotatable bonds is 6. The molecule has 3 aliphatic rings. The van der Waals surface area contributed by atoms with Crippen molar-refractivity contribution in [3.63, 3.8) is 0 Å². The van der Waals surface area contributed by atoms with Gasteiger partial charge in [0.25, 0.3) is 5.91 Å². The zero-order valence-electron chi connectivity index (χ0n) is 19.2. The van der Waals surface area contributed by atoms with Gasteiger partial charge in [-0.1, -0.05) is 43.0 Å². The van der Waals surface area contributed by atoms with Gasteiger partial charge in [-0.05, 0) is 37.3 Å². The van der Waals surface area contributed by atoms with Gasteiger partial charge >= 0.3 is 0 Å². The molecule has 1 aromatic heterocycles. The standard InChI is InChI=1S/C25H30ClN5O3/c26-21-13-27-25(29-19-8-10-34-11-9-19)30-23(21)16-6-7-17-14-31(24(33)20(17)12-16)15-22(32)28-18-4-2-1-3-5-18/h6-7,12-13,18-19H,1-5,8-11,14-15H2,(H,28,32)(H,27,29,30). The number of aromatic nitrogens is 2. The Balaban J connectivity index is 1.28. The van der Waals surface area contributed by atoms with E-state index in [0.29, 0.717) is 28.8 Å². The first-order valence-corrected chi connectivity index (χ1v) is 12.5. The van der Waals surface area contributed by atoms with E-state index < -0.39 is 0 Å². The molecule has 2 amide bonds. The van der Waals surface area contributed by atoms with Crippen molar-refractivity contribution in [3.05, 3.63) is 40.5 Å². The lowest BCUT2D eigenvalue weighted by Gasteiger charge is -2.24. The van der Waals surface area contributed by atoms with Gasteiger partial charge in [0.15, 0.2) is 0 Å². The van der Waals surface area contributed by atoms with E-state index in [1.807, 2.05) is 18.2 Å². The molecule has 2 aromatic rings. The Morgan fingerprint density at radius 2 is 1.91 bits per heavy atom. The molecule has 2 N–H and O–H groups in total. The number of carbonyl (C=O) groups excluding carboxylic acids is 2. The fourth-order valence-electron chi connectivity index (χ4n) is 4.99. The Kier molecular flexibility index (Phi) is 6.97. The molecule has 5 rings (SSSR count). The Bertz CT molecular complexity index is 1070. The molecule has 1 aromatic carbocycles. The number of halogens is 1. The second-order valence-corrected chi connectivity index (χ2v) is 9.76. The van der Waals surface area contributed by atoms with Crippen molar-refractivity contribution >= 4 is 29.4 Å². The van der Waals surface area contributed by atoms with E-state index >= 15 is 0 Å². The minimum Gasteiger partial charge on any atom is -0.381 e. The molecule has 0 unspecified atom stereocenters. The molecule has 0 radical (unpaired) electrons. The lowest BCUT2D eigenvalue weighted by atomic mass is 9.95. The lowest BCUT2D eigenvalue weighted by Crippen LogP contribution is -2.42. The summed E-state index contributed by atoms with van der Waals surface area (Å²) in [5, 5.41) is 6.88. The number of anilines is 1. The summed E-state index contributed by atoms with van der Waals surface area (Å²) in [5.74, 6) is 0.288. The highest BCUT2D eigenvalue weighted by atomic mass is 35.5. The van der Waals surface area contributed by atoms with Gasteiger partial charge in [-0.3, -0.25) is 9.59 Å². The van der Waals surface area contributed by atoms with Crippen LogP contribution in [0, 0.1) is 0 Å². The number of ether oxygens (including phenoxy) is 1. The van der Waals surface area contributed by atoms with E-state index in [1.54, 1.807) is 11.1 Å². The zero-order chi connectivity index (χ0) is 23.5. The normalized spacial score (nSPS) is 19.2. The number of amides is 2. The van der Waals surface area contributed by atoms with Crippen LogP contribution in [0.5, 0.6) is 0 Å². The average Bonchev–Trinajstić information content (AvgIpc) is 3.16. The van der Waals surface area contributed by atoms with Gasteiger partial charge in [-0.2, -0.15) is 0 Å². The third-order valence-corrected chi connectivity index (χ3v) is 7.14. The summed E-state index contributed by atoms with van der Waals surface area (Å²) in [6.45, 7) is 1.95. The third-order valence-electron chi connectivity index (χ3n) is 6.87. The number of nitrogens with zero attached hydrogens (tertiary/aromatic N) is 3. The van der Waals surface area contributed by atoms with Crippen LogP contribution in [0.1, 0.15) is 60.9 Å². The number of nitrogens with one attached hydrogen (secondary N) is 2. The number of fused-ring (bicyclic) bond motifs is 1. The van der Waals surface area contributed by atoms with E-state index in [1.165, 1.54) is 6.42 Å². The molecule has 34 heavy (non-hydrogen) atoms. The predicted octanol–water partition coefficient (Wildman–Crippen LogP) is 3.79. The fourth-order valence-corrected chi connectivity index (χ4v) is 5.19. The van der Waals surface area contributed by atoms with Gasteiger partial charge in [0, 0.05) is 43.0 Å². The molecule has 9 heteroatoms. The van der Waals surface area contributed by atoms with Crippen LogP contribution in [0.2, 0.25) is 5.02 Å². The second kappa shape index (κ2) is 10.3. The van der Waals surface area contributed by atoms with Crippen LogP contribution in [0.15, 0.2) is 24.4 Å². The Labute approximate surface area is 204 Å². The summed E-state index contributed by atoms with van der Waals surface area (Å²) in [6, 6.07) is 6.16. The van der Waals surface area contributed by atoms with Crippen LogP contribution in [0.3, 0.4) is 0 Å². The third kappa shape index (κ3) is 5.18. The van der Waals surface area contributed by atoms with E-state index in [0.717, 1.165) is 62.9 Å². The van der Waals surface area contributed by atoms with Gasteiger partial charge in [-0.15, -0.1) is 0 Å². The molecule has 1 saturated carbocycles. The first-order chi connectivity index (χ1) is 16.6. The molecule has 0 bridgehead atoms. The van der Waals surface area contributed by atoms with Crippen LogP contribution >= 0.6 is 11.6 Å². The topological polar surface area (TPSA) is 96.5 Å². The summed E-state index contributed by atoms with van der Waals surface area (Å²) in [7, 11) is 0. The van der Waals surface area contributed by atoms with Gasteiger partial charge in [-0.25, -0.2) is 9.97 Å². The molecule has 180 valence electrons. The van der Waals surface area contributed by atoms with Crippen molar-refractivity contribution in [1.82, 2.24) is 20.2 Å². The smallest absolute Gasteiger partial charge is 0.254 e. The molecule has 0 atom stereocenters. The first kappa shape index (κ1) is 23.1. The minimum atomic E-state index is -0.138. The van der Waals surface area contributed by atoms with Crippen molar-refractivity contribution in [2.75, 3.05) is 25.1 Å². The number of hydrogen-bond donors (Lipinski definition) is 2. The van der Waals surface area contributed by atoms with Crippen LogP contribution in [0.4, 0.5) is 5.95 Å². The van der Waals surface area contributed by atoms with E-state index in [4.69, 9.17) is 16.3 Å². The molecular weight excluding hydrogens is 454 g/mol. The summed E-state index contributed by atoms with van der Waals surface area (Å²) < 4.78 is 5.41. The number of carbonyl (C=O) groups is 2. The van der Waals surface area contributed by atoms with Crippen LogP contribution in [-0.4, -0.2) is 58.5 Å². The summed E-state index contributed by atoms with van der Waals surface area (Å²) in [4.78, 5) is 36.2. The Morgan fingerprint density at radius 1 is 1.12 bits per heavy atom. The molecule has 0 spiro atoms. The van der Waals surface area contributed by atoms with Crippen molar-refractivity contribution in [1.29, 1.82) is 0 Å². The van der Waals surface area contributed by atoms with Gasteiger partial charge in [0.2, 0.25) is 11.9 Å². The quantitative estimate of drug-likeness (QED) is 0.648. The van der Waals surface area contributed by atoms with Crippen LogP contribution in [-0.2, 0) is 16.1 Å².